The molecule has 1 fully saturated rings. The number of amides is 1. The van der Waals surface area contributed by atoms with E-state index >= 15 is 0 Å². The highest BCUT2D eigenvalue weighted by Gasteiger charge is 2.26. The number of rotatable bonds is 2. The van der Waals surface area contributed by atoms with E-state index in [1.54, 1.807) is 0 Å². The van der Waals surface area contributed by atoms with Crippen LogP contribution >= 0.6 is 12.2 Å². The third-order valence-electron chi connectivity index (χ3n) is 1.77. The fourth-order valence-electron chi connectivity index (χ4n) is 0.961. The number of hydrogen-bond donors (Lipinski definition) is 2. The van der Waals surface area contributed by atoms with Gasteiger partial charge in [0.1, 0.15) is 12.4 Å². The van der Waals surface area contributed by atoms with Gasteiger partial charge >= 0.3 is 0 Å². The molecule has 1 atom stereocenters. The normalized spacial score (nSPS) is 20.8. The van der Waals surface area contributed by atoms with Gasteiger partial charge in [-0.2, -0.15) is 5.10 Å². The Kier molecular flexibility index (Phi) is 2.11. The van der Waals surface area contributed by atoms with Gasteiger partial charge in [-0.1, -0.05) is 0 Å². The SMILES string of the molecule is O=C(Nn1cn[nH]c1=S)C1CCO1. The summed E-state index contributed by atoms with van der Waals surface area (Å²) < 4.78 is 6.69. The summed E-state index contributed by atoms with van der Waals surface area (Å²) in [6.45, 7) is 0.648. The van der Waals surface area contributed by atoms with E-state index in [1.165, 1.54) is 11.0 Å². The third-order valence-corrected chi connectivity index (χ3v) is 2.06. The second-order valence-electron chi connectivity index (χ2n) is 2.66. The van der Waals surface area contributed by atoms with Crippen LogP contribution in [0.5, 0.6) is 0 Å². The van der Waals surface area contributed by atoms with Crippen molar-refractivity contribution in [1.82, 2.24) is 14.9 Å². The van der Waals surface area contributed by atoms with Gasteiger partial charge in [0, 0.05) is 6.42 Å². The molecule has 0 radical (unpaired) electrons. The topological polar surface area (TPSA) is 71.9 Å². The van der Waals surface area contributed by atoms with Crippen molar-refractivity contribution in [3.63, 3.8) is 0 Å². The maximum Gasteiger partial charge on any atom is 0.268 e. The molecular formula is C6H8N4O2S. The van der Waals surface area contributed by atoms with Gasteiger partial charge in [0.15, 0.2) is 0 Å². The largest absolute Gasteiger partial charge is 0.368 e. The maximum atomic E-state index is 11.3. The Balaban J connectivity index is 2.01. The Morgan fingerprint density at radius 2 is 2.69 bits per heavy atom. The predicted octanol–water partition coefficient (Wildman–Crippen LogP) is -0.200. The van der Waals surface area contributed by atoms with Crippen molar-refractivity contribution < 1.29 is 9.53 Å². The fourth-order valence-corrected chi connectivity index (χ4v) is 1.11. The van der Waals surface area contributed by atoms with Gasteiger partial charge in [-0.25, -0.2) is 4.68 Å². The molecule has 1 aliphatic rings. The molecule has 0 bridgehead atoms. The molecule has 0 aromatic carbocycles. The molecule has 1 amide bonds. The van der Waals surface area contributed by atoms with Crippen LogP contribution in [-0.4, -0.2) is 33.5 Å². The summed E-state index contributed by atoms with van der Waals surface area (Å²) >= 11 is 4.83. The highest BCUT2D eigenvalue weighted by atomic mass is 32.1. The molecule has 2 heterocycles. The number of aromatic nitrogens is 3. The number of hydrogen-bond acceptors (Lipinski definition) is 4. The lowest BCUT2D eigenvalue weighted by molar-refractivity contribution is -0.140. The van der Waals surface area contributed by atoms with Gasteiger partial charge in [-0.05, 0) is 12.2 Å². The van der Waals surface area contributed by atoms with Crippen molar-refractivity contribution in [1.29, 1.82) is 0 Å². The van der Waals surface area contributed by atoms with Crippen LogP contribution in [0.25, 0.3) is 0 Å². The lowest BCUT2D eigenvalue weighted by Crippen LogP contribution is -2.41. The van der Waals surface area contributed by atoms with Gasteiger partial charge in [0.2, 0.25) is 4.77 Å². The molecule has 0 spiro atoms. The van der Waals surface area contributed by atoms with E-state index in [2.05, 4.69) is 15.6 Å². The monoisotopic (exact) mass is 200 g/mol. The van der Waals surface area contributed by atoms with Crippen LogP contribution in [0.1, 0.15) is 6.42 Å². The number of nitrogens with zero attached hydrogens (tertiary/aromatic N) is 2. The van der Waals surface area contributed by atoms with Gasteiger partial charge in [-0.3, -0.25) is 15.3 Å². The molecule has 1 unspecified atom stereocenters. The van der Waals surface area contributed by atoms with E-state index in [1.807, 2.05) is 0 Å². The van der Waals surface area contributed by atoms with Crippen molar-refractivity contribution >= 4 is 18.1 Å². The zero-order valence-electron chi connectivity index (χ0n) is 6.69. The zero-order chi connectivity index (χ0) is 9.26. The van der Waals surface area contributed by atoms with E-state index in [9.17, 15) is 4.79 Å². The van der Waals surface area contributed by atoms with E-state index in [-0.39, 0.29) is 12.0 Å². The van der Waals surface area contributed by atoms with E-state index < -0.39 is 0 Å². The van der Waals surface area contributed by atoms with Gasteiger partial charge in [-0.15, -0.1) is 0 Å². The fraction of sp³-hybridized carbons (Fsp3) is 0.500. The first kappa shape index (κ1) is 8.39. The predicted molar refractivity (Wildman–Crippen MR) is 46.1 cm³/mol. The Morgan fingerprint density at radius 1 is 1.92 bits per heavy atom. The number of aromatic amines is 1. The second-order valence-corrected chi connectivity index (χ2v) is 3.04. The van der Waals surface area contributed by atoms with Gasteiger partial charge in [0.05, 0.1) is 6.61 Å². The summed E-state index contributed by atoms with van der Waals surface area (Å²) in [5.74, 6) is -0.191. The van der Waals surface area contributed by atoms with Crippen LogP contribution in [0.3, 0.4) is 0 Å². The third kappa shape index (κ3) is 1.61. The molecule has 1 aromatic rings. The Morgan fingerprint density at radius 3 is 3.15 bits per heavy atom. The summed E-state index contributed by atoms with van der Waals surface area (Å²) in [6.07, 6.45) is 1.83. The number of ether oxygens (including phenoxy) is 1. The molecule has 2 N–H and O–H groups in total. The summed E-state index contributed by atoms with van der Waals surface area (Å²) in [7, 11) is 0. The summed E-state index contributed by atoms with van der Waals surface area (Å²) in [6, 6.07) is 0. The lowest BCUT2D eigenvalue weighted by atomic mass is 10.2. The van der Waals surface area contributed by atoms with Gasteiger partial charge in [0.25, 0.3) is 5.91 Å². The molecule has 0 saturated carbocycles. The van der Waals surface area contributed by atoms with Crippen LogP contribution in [0.4, 0.5) is 0 Å². The summed E-state index contributed by atoms with van der Waals surface area (Å²) in [4.78, 5) is 11.3. The molecule has 1 saturated heterocycles. The van der Waals surface area contributed by atoms with E-state index in [0.717, 1.165) is 6.42 Å². The minimum Gasteiger partial charge on any atom is -0.368 e. The molecule has 13 heavy (non-hydrogen) atoms. The van der Waals surface area contributed by atoms with Crippen LogP contribution in [-0.2, 0) is 9.53 Å². The summed E-state index contributed by atoms with van der Waals surface area (Å²) in [5, 5.41) is 6.18. The Labute approximate surface area is 78.9 Å². The smallest absolute Gasteiger partial charge is 0.268 e. The van der Waals surface area contributed by atoms with Gasteiger partial charge < -0.3 is 4.74 Å². The average molecular weight is 200 g/mol. The molecule has 2 rings (SSSR count). The van der Waals surface area contributed by atoms with Crippen molar-refractivity contribution in [3.05, 3.63) is 11.1 Å². The summed E-state index contributed by atoms with van der Waals surface area (Å²) in [5.41, 5.74) is 2.55. The molecule has 7 heteroatoms. The minimum atomic E-state index is -0.336. The second kappa shape index (κ2) is 3.27. The van der Waals surface area contributed by atoms with Crippen molar-refractivity contribution in [3.8, 4) is 0 Å². The Bertz CT molecular complexity index is 367. The van der Waals surface area contributed by atoms with Crippen molar-refractivity contribution in [2.75, 3.05) is 12.0 Å². The molecular weight excluding hydrogens is 192 g/mol. The standard InChI is InChI=1S/C6H8N4O2S/c11-5(4-1-2-12-4)9-10-3-7-8-6(10)13/h3-4H,1-2H2,(H,8,13)(H,9,11). The quantitative estimate of drug-likeness (QED) is 0.648. The number of carbonyl (C=O) groups is 1. The molecule has 1 aromatic heterocycles. The van der Waals surface area contributed by atoms with Crippen LogP contribution < -0.4 is 5.43 Å². The maximum absolute atomic E-state index is 11.3. The van der Waals surface area contributed by atoms with Crippen LogP contribution in [0.15, 0.2) is 6.33 Å². The number of nitrogens with one attached hydrogen (secondary N) is 2. The van der Waals surface area contributed by atoms with E-state index in [0.29, 0.717) is 11.4 Å². The highest BCUT2D eigenvalue weighted by Crippen LogP contribution is 2.10. The number of H-pyrrole nitrogens is 1. The molecule has 70 valence electrons. The van der Waals surface area contributed by atoms with Crippen molar-refractivity contribution in [2.45, 2.75) is 12.5 Å². The molecule has 1 aliphatic heterocycles. The Hall–Kier alpha value is -1.21. The zero-order valence-corrected chi connectivity index (χ0v) is 7.50. The van der Waals surface area contributed by atoms with E-state index in [4.69, 9.17) is 17.0 Å². The van der Waals surface area contributed by atoms with Crippen LogP contribution in [0.2, 0.25) is 0 Å². The first-order valence-electron chi connectivity index (χ1n) is 3.82. The lowest BCUT2D eigenvalue weighted by Gasteiger charge is -2.24. The van der Waals surface area contributed by atoms with Crippen LogP contribution in [0, 0.1) is 4.77 Å². The molecule has 6 nitrogen and oxygen atoms in total. The first-order valence-corrected chi connectivity index (χ1v) is 4.23. The minimum absolute atomic E-state index is 0.191. The number of carbonyl (C=O) groups excluding carboxylic acids is 1. The average Bonchev–Trinajstić information content (AvgIpc) is 2.32. The first-order chi connectivity index (χ1) is 6.27. The van der Waals surface area contributed by atoms with Crippen molar-refractivity contribution in [2.24, 2.45) is 0 Å². The highest BCUT2D eigenvalue weighted by molar-refractivity contribution is 7.71. The molecule has 0 aliphatic carbocycles.